The summed E-state index contributed by atoms with van der Waals surface area (Å²) in [6.07, 6.45) is 1.44. The number of fused-ring (bicyclic) bond motifs is 3. The highest BCUT2D eigenvalue weighted by Crippen LogP contribution is 2.33. The molecule has 3 aromatic heterocycles. The van der Waals surface area contributed by atoms with Crippen LogP contribution in [0.15, 0.2) is 38.2 Å². The van der Waals surface area contributed by atoms with Crippen LogP contribution in [0.25, 0.3) is 27.6 Å². The minimum atomic E-state index is -0.569. The minimum absolute atomic E-state index is 0.0780. The van der Waals surface area contributed by atoms with Crippen LogP contribution in [-0.4, -0.2) is 20.5 Å². The van der Waals surface area contributed by atoms with Crippen LogP contribution in [0.4, 0.5) is 0 Å². The molecule has 7 heteroatoms. The van der Waals surface area contributed by atoms with Gasteiger partial charge in [0.05, 0.1) is 5.39 Å². The van der Waals surface area contributed by atoms with Gasteiger partial charge in [-0.3, -0.25) is 9.36 Å². The van der Waals surface area contributed by atoms with E-state index in [9.17, 15) is 9.59 Å². The molecule has 0 atom stereocenters. The number of aryl methyl sites for hydroxylation is 2. The summed E-state index contributed by atoms with van der Waals surface area (Å²) >= 11 is 0. The molecule has 0 unspecified atom stereocenters. The van der Waals surface area contributed by atoms with Gasteiger partial charge in [-0.15, -0.1) is 10.2 Å². The fraction of sp³-hybridized carbons (Fsp3) is 0.176. The SMILES string of the molecule is CC(=O)c1oc2c(c1-n1cnnc1C)c(=O)oc1ccc(C)cc12. The number of nitrogens with zero attached hydrogens (tertiary/aromatic N) is 3. The Labute approximate surface area is 135 Å². The topological polar surface area (TPSA) is 91.1 Å². The van der Waals surface area contributed by atoms with Crippen LogP contribution in [0, 0.1) is 13.8 Å². The predicted octanol–water partition coefficient (Wildman–Crippen LogP) is 2.94. The van der Waals surface area contributed by atoms with Gasteiger partial charge in [0, 0.05) is 6.92 Å². The van der Waals surface area contributed by atoms with E-state index in [0.717, 1.165) is 5.56 Å². The number of aromatic nitrogens is 3. The van der Waals surface area contributed by atoms with Gasteiger partial charge >= 0.3 is 5.63 Å². The van der Waals surface area contributed by atoms with E-state index in [1.807, 2.05) is 19.1 Å². The Morgan fingerprint density at radius 3 is 2.67 bits per heavy atom. The van der Waals surface area contributed by atoms with E-state index in [-0.39, 0.29) is 16.9 Å². The van der Waals surface area contributed by atoms with Gasteiger partial charge in [-0.2, -0.15) is 0 Å². The van der Waals surface area contributed by atoms with Gasteiger partial charge in [-0.05, 0) is 26.0 Å². The lowest BCUT2D eigenvalue weighted by atomic mass is 10.1. The van der Waals surface area contributed by atoms with Gasteiger partial charge in [-0.1, -0.05) is 11.6 Å². The van der Waals surface area contributed by atoms with Gasteiger partial charge in [0.1, 0.15) is 28.8 Å². The summed E-state index contributed by atoms with van der Waals surface area (Å²) < 4.78 is 12.8. The number of carbonyl (C=O) groups excluding carboxylic acids is 1. The number of furan rings is 1. The van der Waals surface area contributed by atoms with Crippen molar-refractivity contribution in [3.8, 4) is 5.69 Å². The van der Waals surface area contributed by atoms with Crippen LogP contribution < -0.4 is 5.63 Å². The molecule has 0 aliphatic heterocycles. The van der Waals surface area contributed by atoms with E-state index < -0.39 is 5.63 Å². The third kappa shape index (κ3) is 1.91. The molecule has 0 N–H and O–H groups in total. The highest BCUT2D eigenvalue weighted by atomic mass is 16.4. The van der Waals surface area contributed by atoms with Crippen molar-refractivity contribution in [3.63, 3.8) is 0 Å². The quantitative estimate of drug-likeness (QED) is 0.416. The second-order valence-corrected chi connectivity index (χ2v) is 5.68. The first kappa shape index (κ1) is 14.4. The molecule has 0 radical (unpaired) electrons. The number of benzene rings is 1. The summed E-state index contributed by atoms with van der Waals surface area (Å²) in [5, 5.41) is 8.58. The predicted molar refractivity (Wildman–Crippen MR) is 86.7 cm³/mol. The minimum Gasteiger partial charge on any atom is -0.450 e. The van der Waals surface area contributed by atoms with Crippen LogP contribution in [0.1, 0.15) is 28.9 Å². The molecule has 0 fully saturated rings. The zero-order valence-corrected chi connectivity index (χ0v) is 13.3. The molecule has 120 valence electrons. The molecular formula is C17H13N3O4. The van der Waals surface area contributed by atoms with Crippen molar-refractivity contribution >= 4 is 27.7 Å². The first-order valence-electron chi connectivity index (χ1n) is 7.35. The highest BCUT2D eigenvalue weighted by Gasteiger charge is 2.25. The van der Waals surface area contributed by atoms with E-state index in [2.05, 4.69) is 10.2 Å². The number of carbonyl (C=O) groups is 1. The van der Waals surface area contributed by atoms with E-state index in [0.29, 0.717) is 28.1 Å². The molecule has 7 nitrogen and oxygen atoms in total. The van der Waals surface area contributed by atoms with Gasteiger partial charge in [0.25, 0.3) is 0 Å². The lowest BCUT2D eigenvalue weighted by molar-refractivity contribution is 0.0989. The number of rotatable bonds is 2. The van der Waals surface area contributed by atoms with Crippen molar-refractivity contribution in [2.24, 2.45) is 0 Å². The fourth-order valence-corrected chi connectivity index (χ4v) is 2.84. The van der Waals surface area contributed by atoms with E-state index >= 15 is 0 Å². The smallest absolute Gasteiger partial charge is 0.349 e. The zero-order chi connectivity index (χ0) is 17.0. The summed E-state index contributed by atoms with van der Waals surface area (Å²) in [6.45, 7) is 5.04. The zero-order valence-electron chi connectivity index (χ0n) is 13.3. The maximum absolute atomic E-state index is 12.5. The molecule has 0 saturated carbocycles. The van der Waals surface area contributed by atoms with Crippen molar-refractivity contribution in [2.75, 3.05) is 0 Å². The largest absolute Gasteiger partial charge is 0.450 e. The van der Waals surface area contributed by atoms with E-state index in [4.69, 9.17) is 8.83 Å². The van der Waals surface area contributed by atoms with Gasteiger partial charge in [0.2, 0.25) is 0 Å². The molecule has 3 heterocycles. The molecule has 1 aromatic carbocycles. The average Bonchev–Trinajstić information content (AvgIpc) is 3.12. The molecule has 0 bridgehead atoms. The highest BCUT2D eigenvalue weighted by molar-refractivity contribution is 6.09. The number of hydrogen-bond acceptors (Lipinski definition) is 6. The van der Waals surface area contributed by atoms with Crippen LogP contribution in [-0.2, 0) is 0 Å². The van der Waals surface area contributed by atoms with Gasteiger partial charge in [0.15, 0.2) is 17.1 Å². The Morgan fingerprint density at radius 1 is 1.21 bits per heavy atom. The first-order valence-corrected chi connectivity index (χ1v) is 7.35. The molecule has 24 heavy (non-hydrogen) atoms. The molecule has 0 spiro atoms. The third-order valence-corrected chi connectivity index (χ3v) is 3.95. The average molecular weight is 323 g/mol. The number of hydrogen-bond donors (Lipinski definition) is 0. The third-order valence-electron chi connectivity index (χ3n) is 3.95. The Kier molecular flexibility index (Phi) is 2.93. The Balaban J connectivity index is 2.27. The van der Waals surface area contributed by atoms with E-state index in [1.165, 1.54) is 13.3 Å². The maximum Gasteiger partial charge on any atom is 0.349 e. The van der Waals surface area contributed by atoms with Crippen molar-refractivity contribution < 1.29 is 13.6 Å². The Morgan fingerprint density at radius 2 is 2.00 bits per heavy atom. The lowest BCUT2D eigenvalue weighted by Crippen LogP contribution is -2.06. The van der Waals surface area contributed by atoms with E-state index in [1.54, 1.807) is 17.6 Å². The molecule has 0 aliphatic carbocycles. The van der Waals surface area contributed by atoms with Crippen LogP contribution in [0.5, 0.6) is 0 Å². The normalized spacial score (nSPS) is 11.5. The molecule has 0 aliphatic rings. The van der Waals surface area contributed by atoms with Gasteiger partial charge in [-0.25, -0.2) is 4.79 Å². The summed E-state index contributed by atoms with van der Waals surface area (Å²) in [7, 11) is 0. The molecule has 4 rings (SSSR count). The molecule has 0 saturated heterocycles. The van der Waals surface area contributed by atoms with Crippen LogP contribution in [0.3, 0.4) is 0 Å². The van der Waals surface area contributed by atoms with Crippen LogP contribution in [0.2, 0.25) is 0 Å². The van der Waals surface area contributed by atoms with Crippen molar-refractivity contribution in [3.05, 3.63) is 52.1 Å². The number of ketones is 1. The standard InChI is InChI=1S/C17H13N3O4/c1-8-4-5-12-11(6-8)16-13(17(22)23-12)14(15(24-16)9(2)21)20-7-18-19-10(20)3/h4-7H,1-3H3. The van der Waals surface area contributed by atoms with Crippen molar-refractivity contribution in [2.45, 2.75) is 20.8 Å². The Hall–Kier alpha value is -3.22. The van der Waals surface area contributed by atoms with Gasteiger partial charge < -0.3 is 8.83 Å². The second-order valence-electron chi connectivity index (χ2n) is 5.68. The second kappa shape index (κ2) is 4.89. The summed E-state index contributed by atoms with van der Waals surface area (Å²) in [4.78, 5) is 24.6. The van der Waals surface area contributed by atoms with Crippen molar-refractivity contribution in [1.29, 1.82) is 0 Å². The maximum atomic E-state index is 12.5. The van der Waals surface area contributed by atoms with Crippen molar-refractivity contribution in [1.82, 2.24) is 14.8 Å². The molecule has 4 aromatic rings. The monoisotopic (exact) mass is 323 g/mol. The fourth-order valence-electron chi connectivity index (χ4n) is 2.84. The number of Topliss-reactive ketones (excluding diaryl/α,β-unsaturated/α-hetero) is 1. The summed E-state index contributed by atoms with van der Waals surface area (Å²) in [5.41, 5.74) is 1.48. The lowest BCUT2D eigenvalue weighted by Gasteiger charge is -2.02. The van der Waals surface area contributed by atoms with Crippen LogP contribution >= 0.6 is 0 Å². The summed E-state index contributed by atoms with van der Waals surface area (Å²) in [6, 6.07) is 5.42. The Bertz CT molecular complexity index is 1180. The molecular weight excluding hydrogens is 310 g/mol. The first-order chi connectivity index (χ1) is 11.5. The molecule has 0 amide bonds. The summed E-state index contributed by atoms with van der Waals surface area (Å²) in [5.74, 6) is 0.313.